The second kappa shape index (κ2) is 11.8. The van der Waals surface area contributed by atoms with E-state index in [-0.39, 0.29) is 23.3 Å². The van der Waals surface area contributed by atoms with E-state index >= 15 is 0 Å². The smallest absolute Gasteiger partial charge is 0.243 e. The zero-order valence-electron chi connectivity index (χ0n) is 21.6. The minimum atomic E-state index is -0.547. The summed E-state index contributed by atoms with van der Waals surface area (Å²) in [5, 5.41) is 3.09. The van der Waals surface area contributed by atoms with Gasteiger partial charge < -0.3 is 10.2 Å². The van der Waals surface area contributed by atoms with Gasteiger partial charge in [-0.05, 0) is 50.8 Å². The number of nitrogens with zero attached hydrogens (tertiary/aromatic N) is 1. The van der Waals surface area contributed by atoms with Crippen LogP contribution in [0, 0.1) is 6.92 Å². The fourth-order valence-corrected chi connectivity index (χ4v) is 4.47. The lowest BCUT2D eigenvalue weighted by Gasteiger charge is -2.34. The van der Waals surface area contributed by atoms with Gasteiger partial charge in [0.25, 0.3) is 0 Å². The minimum absolute atomic E-state index is 0.0277. The van der Waals surface area contributed by atoms with E-state index in [0.717, 1.165) is 22.3 Å². The first kappa shape index (κ1) is 26.2. The summed E-state index contributed by atoms with van der Waals surface area (Å²) in [4.78, 5) is 29.1. The summed E-state index contributed by atoms with van der Waals surface area (Å²) in [5.41, 5.74) is 3.97. The van der Waals surface area contributed by atoms with E-state index in [4.69, 9.17) is 0 Å². The van der Waals surface area contributed by atoms with Crippen LogP contribution in [-0.4, -0.2) is 28.3 Å². The van der Waals surface area contributed by atoms with Gasteiger partial charge in [0.15, 0.2) is 0 Å². The number of nitrogens with one attached hydrogen (secondary N) is 1. The fourth-order valence-electron chi connectivity index (χ4n) is 4.47. The number of benzene rings is 3. The molecule has 0 fully saturated rings. The number of carbonyl (C=O) groups is 2. The van der Waals surface area contributed by atoms with Crippen molar-refractivity contribution in [3.05, 3.63) is 107 Å². The van der Waals surface area contributed by atoms with Crippen molar-refractivity contribution in [2.24, 2.45) is 0 Å². The van der Waals surface area contributed by atoms with Crippen molar-refractivity contribution >= 4 is 11.8 Å². The SMILES string of the molecule is CC[C@@H](C(=O)NC(C)(C)C)N(Cc1cccc(C)c1)C(=O)CC(c1ccccc1)c1ccccc1. The van der Waals surface area contributed by atoms with Crippen LogP contribution in [0.4, 0.5) is 0 Å². The average molecular weight is 471 g/mol. The molecule has 2 amide bonds. The summed E-state index contributed by atoms with van der Waals surface area (Å²) < 4.78 is 0. The van der Waals surface area contributed by atoms with Crippen LogP contribution in [-0.2, 0) is 16.1 Å². The van der Waals surface area contributed by atoms with E-state index in [1.807, 2.05) is 89.2 Å². The van der Waals surface area contributed by atoms with Gasteiger partial charge in [-0.25, -0.2) is 0 Å². The lowest BCUT2D eigenvalue weighted by molar-refractivity contribution is -0.142. The van der Waals surface area contributed by atoms with Crippen molar-refractivity contribution in [3.8, 4) is 0 Å². The van der Waals surface area contributed by atoms with Gasteiger partial charge in [-0.15, -0.1) is 0 Å². The standard InChI is InChI=1S/C31H38N2O2/c1-6-28(30(35)32-31(3,4)5)33(22-24-15-13-14-23(2)20-24)29(34)21-27(25-16-9-7-10-17-25)26-18-11-8-12-19-26/h7-20,27-28H,6,21-22H2,1-5H3,(H,32,35)/t28-/m0/s1. The number of carbonyl (C=O) groups excluding carboxylic acids is 2. The van der Waals surface area contributed by atoms with E-state index in [1.165, 1.54) is 0 Å². The molecule has 0 radical (unpaired) electrons. The van der Waals surface area contributed by atoms with Crippen LogP contribution in [0.5, 0.6) is 0 Å². The number of hydrogen-bond acceptors (Lipinski definition) is 2. The first-order valence-corrected chi connectivity index (χ1v) is 12.4. The summed E-state index contributed by atoms with van der Waals surface area (Å²) >= 11 is 0. The molecule has 0 heterocycles. The van der Waals surface area contributed by atoms with Crippen molar-refractivity contribution in [1.29, 1.82) is 0 Å². The Hall–Kier alpha value is -3.40. The van der Waals surface area contributed by atoms with Crippen LogP contribution in [0.1, 0.15) is 68.7 Å². The monoisotopic (exact) mass is 470 g/mol. The molecule has 0 spiro atoms. The minimum Gasteiger partial charge on any atom is -0.350 e. The van der Waals surface area contributed by atoms with Crippen LogP contribution in [0.15, 0.2) is 84.9 Å². The molecule has 4 heteroatoms. The molecule has 0 aliphatic rings. The molecule has 0 aromatic heterocycles. The first-order valence-electron chi connectivity index (χ1n) is 12.4. The summed E-state index contributed by atoms with van der Waals surface area (Å²) in [7, 11) is 0. The van der Waals surface area contributed by atoms with Crippen molar-refractivity contribution in [2.45, 2.75) is 71.5 Å². The Labute approximate surface area is 210 Å². The molecule has 0 saturated heterocycles. The van der Waals surface area contributed by atoms with Gasteiger partial charge in [-0.2, -0.15) is 0 Å². The molecule has 0 bridgehead atoms. The molecule has 3 rings (SSSR count). The Balaban J connectivity index is 1.97. The maximum absolute atomic E-state index is 14.0. The normalized spacial score (nSPS) is 12.3. The Bertz CT molecular complexity index is 1060. The molecule has 0 saturated carbocycles. The Morgan fingerprint density at radius 2 is 1.43 bits per heavy atom. The second-order valence-corrected chi connectivity index (χ2v) is 10.3. The van der Waals surface area contributed by atoms with E-state index in [9.17, 15) is 9.59 Å². The van der Waals surface area contributed by atoms with Gasteiger partial charge in [0, 0.05) is 24.4 Å². The molecule has 1 atom stereocenters. The maximum Gasteiger partial charge on any atom is 0.243 e. The highest BCUT2D eigenvalue weighted by atomic mass is 16.2. The lowest BCUT2D eigenvalue weighted by Crippen LogP contribution is -2.53. The average Bonchev–Trinajstić information content (AvgIpc) is 2.82. The number of aryl methyl sites for hydroxylation is 1. The molecular formula is C31H38N2O2. The van der Waals surface area contributed by atoms with E-state index < -0.39 is 6.04 Å². The van der Waals surface area contributed by atoms with Crippen LogP contribution >= 0.6 is 0 Å². The van der Waals surface area contributed by atoms with Gasteiger partial charge in [0.2, 0.25) is 11.8 Å². The highest BCUT2D eigenvalue weighted by Gasteiger charge is 2.32. The summed E-state index contributed by atoms with van der Waals surface area (Å²) in [5.74, 6) is -0.231. The zero-order chi connectivity index (χ0) is 25.4. The van der Waals surface area contributed by atoms with Gasteiger partial charge in [0.1, 0.15) is 6.04 Å². The van der Waals surface area contributed by atoms with Gasteiger partial charge >= 0.3 is 0 Å². The fraction of sp³-hybridized carbons (Fsp3) is 0.355. The van der Waals surface area contributed by atoms with Crippen molar-refractivity contribution in [3.63, 3.8) is 0 Å². The van der Waals surface area contributed by atoms with E-state index in [0.29, 0.717) is 19.4 Å². The molecule has 35 heavy (non-hydrogen) atoms. The molecular weight excluding hydrogens is 432 g/mol. The largest absolute Gasteiger partial charge is 0.350 e. The highest BCUT2D eigenvalue weighted by Crippen LogP contribution is 2.29. The van der Waals surface area contributed by atoms with Crippen LogP contribution in [0.2, 0.25) is 0 Å². The molecule has 4 nitrogen and oxygen atoms in total. The molecule has 0 aliphatic heterocycles. The van der Waals surface area contributed by atoms with Crippen molar-refractivity contribution < 1.29 is 9.59 Å². The summed E-state index contributed by atoms with van der Waals surface area (Å²) in [6.45, 7) is 10.3. The van der Waals surface area contributed by atoms with Crippen LogP contribution in [0.25, 0.3) is 0 Å². The third-order valence-corrected chi connectivity index (χ3v) is 6.10. The van der Waals surface area contributed by atoms with E-state index in [2.05, 4.69) is 35.6 Å². The number of rotatable bonds is 9. The Morgan fingerprint density at radius 1 is 0.857 bits per heavy atom. The van der Waals surface area contributed by atoms with Crippen molar-refractivity contribution in [1.82, 2.24) is 10.2 Å². The van der Waals surface area contributed by atoms with Gasteiger partial charge in [-0.1, -0.05) is 97.4 Å². The predicted molar refractivity (Wildman–Crippen MR) is 143 cm³/mol. The summed E-state index contributed by atoms with van der Waals surface area (Å²) in [6.07, 6.45) is 0.833. The highest BCUT2D eigenvalue weighted by molar-refractivity contribution is 5.88. The summed E-state index contributed by atoms with van der Waals surface area (Å²) in [6, 6.07) is 27.9. The molecule has 3 aromatic carbocycles. The Morgan fingerprint density at radius 3 is 1.91 bits per heavy atom. The topological polar surface area (TPSA) is 49.4 Å². The Kier molecular flexibility index (Phi) is 8.86. The third kappa shape index (κ3) is 7.54. The lowest BCUT2D eigenvalue weighted by atomic mass is 9.88. The molecule has 184 valence electrons. The van der Waals surface area contributed by atoms with Gasteiger partial charge in [0.05, 0.1) is 0 Å². The maximum atomic E-state index is 14.0. The van der Waals surface area contributed by atoms with E-state index in [1.54, 1.807) is 4.90 Å². The number of hydrogen-bond donors (Lipinski definition) is 1. The predicted octanol–water partition coefficient (Wildman–Crippen LogP) is 6.24. The van der Waals surface area contributed by atoms with Gasteiger partial charge in [-0.3, -0.25) is 9.59 Å². The second-order valence-electron chi connectivity index (χ2n) is 10.3. The number of amides is 2. The first-order chi connectivity index (χ1) is 16.7. The third-order valence-electron chi connectivity index (χ3n) is 6.10. The zero-order valence-corrected chi connectivity index (χ0v) is 21.6. The van der Waals surface area contributed by atoms with Crippen LogP contribution in [0.3, 0.4) is 0 Å². The van der Waals surface area contributed by atoms with Crippen LogP contribution < -0.4 is 5.32 Å². The molecule has 0 unspecified atom stereocenters. The molecule has 0 aliphatic carbocycles. The van der Waals surface area contributed by atoms with Crippen molar-refractivity contribution in [2.75, 3.05) is 0 Å². The quantitative estimate of drug-likeness (QED) is 0.402. The molecule has 1 N–H and O–H groups in total. The molecule has 3 aromatic rings.